The zero-order valence-electron chi connectivity index (χ0n) is 8.76. The molecule has 0 bridgehead atoms. The van der Waals surface area contributed by atoms with Crippen molar-refractivity contribution in [1.82, 2.24) is 0 Å². The largest absolute Gasteiger partial charge is 0.326 e. The highest BCUT2D eigenvalue weighted by Crippen LogP contribution is 2.18. The summed E-state index contributed by atoms with van der Waals surface area (Å²) in [4.78, 5) is 21.7. The summed E-state index contributed by atoms with van der Waals surface area (Å²) in [6, 6.07) is 5.14. The van der Waals surface area contributed by atoms with Gasteiger partial charge in [0.05, 0.1) is 0 Å². The first kappa shape index (κ1) is 11.2. The van der Waals surface area contributed by atoms with Gasteiger partial charge in [0.25, 0.3) is 0 Å². The van der Waals surface area contributed by atoms with Crippen LogP contribution in [0.25, 0.3) is 0 Å². The second-order valence-corrected chi connectivity index (χ2v) is 3.28. The van der Waals surface area contributed by atoms with Gasteiger partial charge in [-0.15, -0.1) is 0 Å². The summed E-state index contributed by atoms with van der Waals surface area (Å²) in [5, 5.41) is 5.26. The fourth-order valence-corrected chi connectivity index (χ4v) is 1.24. The zero-order valence-corrected chi connectivity index (χ0v) is 8.76. The molecule has 0 aliphatic rings. The van der Waals surface area contributed by atoms with Gasteiger partial charge in [-0.1, -0.05) is 0 Å². The number of hydrogen-bond donors (Lipinski definition) is 2. The third-order valence-electron chi connectivity index (χ3n) is 1.63. The van der Waals surface area contributed by atoms with Gasteiger partial charge in [0.2, 0.25) is 11.8 Å². The van der Waals surface area contributed by atoms with Crippen LogP contribution >= 0.6 is 0 Å². The third kappa shape index (κ3) is 3.81. The molecule has 79 valence electrons. The molecule has 0 fully saturated rings. The van der Waals surface area contributed by atoms with Gasteiger partial charge in [-0.05, 0) is 30.7 Å². The van der Waals surface area contributed by atoms with Crippen molar-refractivity contribution in [1.29, 1.82) is 0 Å². The standard InChI is InChI=1S/C11H13N2O2/c1-7-4-10(12-8(2)14)6-11(5-7)13-9(3)15/h4-6H,1H2,2-3H3,(H,12,14)(H,13,15). The maximum atomic E-state index is 10.8. The predicted octanol–water partition coefficient (Wildman–Crippen LogP) is 1.79. The van der Waals surface area contributed by atoms with Crippen molar-refractivity contribution in [2.24, 2.45) is 0 Å². The van der Waals surface area contributed by atoms with Gasteiger partial charge in [-0.3, -0.25) is 9.59 Å². The molecule has 0 aliphatic carbocycles. The molecule has 1 radical (unpaired) electrons. The van der Waals surface area contributed by atoms with Crippen LogP contribution in [0.4, 0.5) is 11.4 Å². The lowest BCUT2D eigenvalue weighted by Crippen LogP contribution is -2.09. The SMILES string of the molecule is [CH2]c1cc(NC(C)=O)cc(NC(C)=O)c1. The van der Waals surface area contributed by atoms with Crippen LogP contribution in [-0.4, -0.2) is 11.8 Å². The summed E-state index contributed by atoms with van der Waals surface area (Å²) in [6.45, 7) is 6.60. The minimum atomic E-state index is -0.158. The first-order valence-corrected chi connectivity index (χ1v) is 4.49. The van der Waals surface area contributed by atoms with Crippen LogP contribution in [0.15, 0.2) is 18.2 Å². The first-order chi connectivity index (χ1) is 6.97. The number of rotatable bonds is 2. The highest BCUT2D eigenvalue weighted by atomic mass is 16.2. The number of carbonyl (C=O) groups excluding carboxylic acids is 2. The lowest BCUT2D eigenvalue weighted by atomic mass is 10.2. The van der Waals surface area contributed by atoms with Gasteiger partial charge in [-0.2, -0.15) is 0 Å². The Morgan fingerprint density at radius 1 is 1.00 bits per heavy atom. The van der Waals surface area contributed by atoms with E-state index in [0.29, 0.717) is 11.4 Å². The van der Waals surface area contributed by atoms with E-state index in [1.807, 2.05) is 0 Å². The van der Waals surface area contributed by atoms with Gasteiger partial charge in [0, 0.05) is 25.2 Å². The van der Waals surface area contributed by atoms with E-state index in [4.69, 9.17) is 0 Å². The monoisotopic (exact) mass is 205 g/mol. The molecule has 4 heteroatoms. The van der Waals surface area contributed by atoms with Crippen molar-refractivity contribution >= 4 is 23.2 Å². The molecule has 1 aromatic carbocycles. The molecule has 0 saturated carbocycles. The van der Waals surface area contributed by atoms with E-state index in [1.165, 1.54) is 13.8 Å². The molecule has 1 aromatic rings. The molecule has 0 unspecified atom stereocenters. The molecule has 0 spiro atoms. The maximum Gasteiger partial charge on any atom is 0.221 e. The quantitative estimate of drug-likeness (QED) is 0.773. The smallest absolute Gasteiger partial charge is 0.221 e. The van der Waals surface area contributed by atoms with Gasteiger partial charge < -0.3 is 10.6 Å². The van der Waals surface area contributed by atoms with Crippen LogP contribution in [0.5, 0.6) is 0 Å². The minimum Gasteiger partial charge on any atom is -0.326 e. The van der Waals surface area contributed by atoms with Gasteiger partial charge in [0.15, 0.2) is 0 Å². The van der Waals surface area contributed by atoms with E-state index in [9.17, 15) is 9.59 Å². The van der Waals surface area contributed by atoms with Crippen molar-refractivity contribution in [3.63, 3.8) is 0 Å². The molecule has 1 rings (SSSR count). The third-order valence-corrected chi connectivity index (χ3v) is 1.63. The first-order valence-electron chi connectivity index (χ1n) is 4.49. The Morgan fingerprint density at radius 3 is 1.73 bits per heavy atom. The Bertz CT molecular complexity index is 365. The van der Waals surface area contributed by atoms with E-state index in [0.717, 1.165) is 5.56 Å². The highest BCUT2D eigenvalue weighted by Gasteiger charge is 2.01. The maximum absolute atomic E-state index is 10.8. The van der Waals surface area contributed by atoms with Gasteiger partial charge in [0.1, 0.15) is 0 Å². The van der Waals surface area contributed by atoms with Crippen molar-refractivity contribution < 1.29 is 9.59 Å². The molecule has 0 aliphatic heterocycles. The van der Waals surface area contributed by atoms with E-state index in [1.54, 1.807) is 18.2 Å². The van der Waals surface area contributed by atoms with Crippen molar-refractivity contribution in [3.8, 4) is 0 Å². The fraction of sp³-hybridized carbons (Fsp3) is 0.182. The van der Waals surface area contributed by atoms with Crippen molar-refractivity contribution in [2.75, 3.05) is 10.6 Å². The fourth-order valence-electron chi connectivity index (χ4n) is 1.24. The Hall–Kier alpha value is -1.84. The number of nitrogens with one attached hydrogen (secondary N) is 2. The molecular formula is C11H13N2O2. The predicted molar refractivity (Wildman–Crippen MR) is 59.5 cm³/mol. The summed E-state index contributed by atoms with van der Waals surface area (Å²) in [5.41, 5.74) is 1.97. The van der Waals surface area contributed by atoms with Crippen LogP contribution in [-0.2, 0) is 9.59 Å². The Balaban J connectivity index is 2.94. The van der Waals surface area contributed by atoms with Crippen LogP contribution < -0.4 is 10.6 Å². The number of benzene rings is 1. The van der Waals surface area contributed by atoms with E-state index < -0.39 is 0 Å². The minimum absolute atomic E-state index is 0.158. The molecule has 15 heavy (non-hydrogen) atoms. The van der Waals surface area contributed by atoms with Crippen LogP contribution in [0, 0.1) is 6.92 Å². The molecule has 4 nitrogen and oxygen atoms in total. The average Bonchev–Trinajstić information content (AvgIpc) is 1.98. The number of carbonyl (C=O) groups is 2. The number of anilines is 2. The van der Waals surface area contributed by atoms with Crippen molar-refractivity contribution in [2.45, 2.75) is 13.8 Å². The lowest BCUT2D eigenvalue weighted by Gasteiger charge is -2.08. The Labute approximate surface area is 88.7 Å². The van der Waals surface area contributed by atoms with Gasteiger partial charge >= 0.3 is 0 Å². The van der Waals surface area contributed by atoms with E-state index in [-0.39, 0.29) is 11.8 Å². The summed E-state index contributed by atoms with van der Waals surface area (Å²) < 4.78 is 0. The molecule has 0 atom stereocenters. The zero-order chi connectivity index (χ0) is 11.4. The molecule has 2 amide bonds. The molecule has 2 N–H and O–H groups in total. The lowest BCUT2D eigenvalue weighted by molar-refractivity contribution is -0.115. The topological polar surface area (TPSA) is 58.2 Å². The van der Waals surface area contributed by atoms with Crippen LogP contribution in [0.1, 0.15) is 19.4 Å². The van der Waals surface area contributed by atoms with Crippen LogP contribution in [0.2, 0.25) is 0 Å². The Kier molecular flexibility index (Phi) is 3.44. The highest BCUT2D eigenvalue weighted by molar-refractivity contribution is 5.92. The van der Waals surface area contributed by atoms with Crippen LogP contribution in [0.3, 0.4) is 0 Å². The average molecular weight is 205 g/mol. The molecule has 0 heterocycles. The normalized spacial score (nSPS) is 9.53. The molecular weight excluding hydrogens is 192 g/mol. The summed E-state index contributed by atoms with van der Waals surface area (Å²) in [5.74, 6) is -0.316. The Morgan fingerprint density at radius 2 is 1.40 bits per heavy atom. The summed E-state index contributed by atoms with van der Waals surface area (Å²) in [7, 11) is 0. The molecule has 0 aromatic heterocycles. The summed E-state index contributed by atoms with van der Waals surface area (Å²) >= 11 is 0. The van der Waals surface area contributed by atoms with Crippen molar-refractivity contribution in [3.05, 3.63) is 30.7 Å². The van der Waals surface area contributed by atoms with E-state index in [2.05, 4.69) is 17.6 Å². The number of hydrogen-bond acceptors (Lipinski definition) is 2. The summed E-state index contributed by atoms with van der Waals surface area (Å²) in [6.07, 6.45) is 0. The second-order valence-electron chi connectivity index (χ2n) is 3.28. The number of amides is 2. The molecule has 0 saturated heterocycles. The van der Waals surface area contributed by atoms with Gasteiger partial charge in [-0.25, -0.2) is 0 Å². The van der Waals surface area contributed by atoms with E-state index >= 15 is 0 Å². The second kappa shape index (κ2) is 4.59.